The zero-order valence-electron chi connectivity index (χ0n) is 25.6. The largest absolute Gasteiger partial charge is 0.493 e. The van der Waals surface area contributed by atoms with Crippen LogP contribution in [0.5, 0.6) is 23.0 Å². The fourth-order valence-electron chi connectivity index (χ4n) is 4.51. The van der Waals surface area contributed by atoms with Gasteiger partial charge in [-0.25, -0.2) is 14.0 Å². The number of amides is 2. The molecule has 0 saturated heterocycles. The Bertz CT molecular complexity index is 1620. The molecule has 4 N–H and O–H groups in total. The number of esters is 1. The minimum atomic E-state index is -1.19. The molecule has 0 aromatic heterocycles. The van der Waals surface area contributed by atoms with E-state index in [1.807, 2.05) is 0 Å². The van der Waals surface area contributed by atoms with E-state index in [1.54, 1.807) is 56.3 Å². The van der Waals surface area contributed by atoms with E-state index in [1.165, 1.54) is 32.6 Å². The van der Waals surface area contributed by atoms with Crippen molar-refractivity contribution in [1.82, 2.24) is 16.1 Å². The van der Waals surface area contributed by atoms with Crippen LogP contribution in [0, 0.1) is 5.82 Å². The molecule has 12 nitrogen and oxygen atoms in total. The van der Waals surface area contributed by atoms with E-state index >= 15 is 0 Å². The second-order valence-electron chi connectivity index (χ2n) is 9.86. The monoisotopic (exact) mass is 700 g/mol. The Balaban J connectivity index is 1.38. The summed E-state index contributed by atoms with van der Waals surface area (Å²) in [5, 5.41) is 19.9. The Kier molecular flexibility index (Phi) is 11.8. The maximum Gasteiger partial charge on any atom is 0.337 e. The Labute approximate surface area is 273 Å². The van der Waals surface area contributed by atoms with Crippen molar-refractivity contribution in [3.8, 4) is 23.0 Å². The maximum absolute atomic E-state index is 13.2. The summed E-state index contributed by atoms with van der Waals surface area (Å²) in [6.07, 6.45) is 0.303. The van der Waals surface area contributed by atoms with Crippen LogP contribution in [0.25, 0.3) is 0 Å². The lowest BCUT2D eigenvalue weighted by Gasteiger charge is -2.28. The highest BCUT2D eigenvalue weighted by Crippen LogP contribution is 2.37. The SMILES string of the molecule is CCOc1cc([C@@H]2NC(=O)NC(C)=C2C(=O)OC)ccc1OC[C@H](O)N/N=C\c1cc(Br)c(OCc2ccc(F)cc2)c(OC)c1. The number of rotatable bonds is 14. The van der Waals surface area contributed by atoms with Crippen LogP contribution in [0.2, 0.25) is 0 Å². The van der Waals surface area contributed by atoms with Crippen molar-refractivity contribution < 1.29 is 42.8 Å². The first kappa shape index (κ1) is 34.1. The van der Waals surface area contributed by atoms with Gasteiger partial charge in [0, 0.05) is 5.70 Å². The van der Waals surface area contributed by atoms with E-state index in [-0.39, 0.29) is 24.6 Å². The van der Waals surface area contributed by atoms with Crippen LogP contribution in [0.15, 0.2) is 75.4 Å². The smallest absolute Gasteiger partial charge is 0.337 e. The Morgan fingerprint density at radius 2 is 1.85 bits per heavy atom. The number of nitrogens with one attached hydrogen (secondary N) is 3. The number of hydrogen-bond donors (Lipinski definition) is 4. The molecule has 3 aromatic rings. The number of aliphatic hydroxyl groups is 1. The minimum Gasteiger partial charge on any atom is -0.493 e. The molecule has 0 saturated carbocycles. The molecule has 0 spiro atoms. The first-order valence-corrected chi connectivity index (χ1v) is 14.9. The molecule has 14 heteroatoms. The number of hydrazone groups is 1. The lowest BCUT2D eigenvalue weighted by molar-refractivity contribution is -0.136. The van der Waals surface area contributed by atoms with Crippen molar-refractivity contribution in [2.45, 2.75) is 32.7 Å². The number of nitrogens with zero attached hydrogens (tertiary/aromatic N) is 1. The van der Waals surface area contributed by atoms with Crippen molar-refractivity contribution in [1.29, 1.82) is 0 Å². The van der Waals surface area contributed by atoms with Crippen molar-refractivity contribution in [3.05, 3.63) is 92.8 Å². The van der Waals surface area contributed by atoms with Crippen LogP contribution < -0.4 is 35.0 Å². The quantitative estimate of drug-likeness (QED) is 0.0813. The number of halogens is 2. The first-order valence-electron chi connectivity index (χ1n) is 14.1. The Morgan fingerprint density at radius 3 is 2.54 bits per heavy atom. The third-order valence-electron chi connectivity index (χ3n) is 6.66. The van der Waals surface area contributed by atoms with Crippen molar-refractivity contribution >= 4 is 34.1 Å². The van der Waals surface area contributed by atoms with Gasteiger partial charge < -0.3 is 39.4 Å². The van der Waals surface area contributed by atoms with E-state index < -0.39 is 24.3 Å². The average molecular weight is 702 g/mol. The number of urea groups is 1. The van der Waals surface area contributed by atoms with Crippen LogP contribution in [0.4, 0.5) is 9.18 Å². The topological polar surface area (TPSA) is 149 Å². The fraction of sp³-hybridized carbons (Fsp3) is 0.281. The molecule has 0 fully saturated rings. The standard InChI is InChI=1S/C32H34BrFN4O8/c1-5-44-25-14-21(29-28(31(40)43-4)18(2)36-32(41)37-29)8-11-24(25)45-17-27(39)38-35-15-20-12-23(33)30(26(13-20)42-3)46-16-19-6-9-22(34)10-7-19/h6-15,27,29,38-39H,5,16-17H2,1-4H3,(H2,36,37,41)/b35-15-/t27-,29-/m0/s1. The lowest BCUT2D eigenvalue weighted by Crippen LogP contribution is -2.45. The Morgan fingerprint density at radius 1 is 1.09 bits per heavy atom. The van der Waals surface area contributed by atoms with E-state index in [4.69, 9.17) is 23.7 Å². The van der Waals surface area contributed by atoms with Gasteiger partial charge in [-0.05, 0) is 82.9 Å². The molecule has 0 unspecified atom stereocenters. The van der Waals surface area contributed by atoms with E-state index in [0.717, 1.165) is 5.56 Å². The summed E-state index contributed by atoms with van der Waals surface area (Å²) in [4.78, 5) is 24.6. The molecule has 244 valence electrons. The molecule has 1 aliphatic heterocycles. The highest BCUT2D eigenvalue weighted by Gasteiger charge is 2.32. The molecule has 3 aromatic carbocycles. The summed E-state index contributed by atoms with van der Waals surface area (Å²) in [6.45, 7) is 3.76. The number of hydrogen-bond acceptors (Lipinski definition) is 10. The number of carbonyl (C=O) groups excluding carboxylic acids is 2. The number of allylic oxidation sites excluding steroid dienone is 1. The summed E-state index contributed by atoms with van der Waals surface area (Å²) in [5.74, 6) is 0.694. The molecule has 1 aliphatic rings. The van der Waals surface area contributed by atoms with Gasteiger partial charge >= 0.3 is 12.0 Å². The van der Waals surface area contributed by atoms with Crippen molar-refractivity contribution in [2.75, 3.05) is 27.4 Å². The predicted molar refractivity (Wildman–Crippen MR) is 170 cm³/mol. The zero-order valence-corrected chi connectivity index (χ0v) is 27.1. The average Bonchev–Trinajstić information content (AvgIpc) is 3.03. The summed E-state index contributed by atoms with van der Waals surface area (Å²) in [5.41, 5.74) is 5.25. The van der Waals surface area contributed by atoms with Crippen molar-refractivity contribution in [3.63, 3.8) is 0 Å². The van der Waals surface area contributed by atoms with Gasteiger partial charge in [-0.3, -0.25) is 5.43 Å². The number of carbonyl (C=O) groups is 2. The summed E-state index contributed by atoms with van der Waals surface area (Å²) in [7, 11) is 2.77. The van der Waals surface area contributed by atoms with Gasteiger partial charge in [-0.1, -0.05) is 18.2 Å². The number of aliphatic hydroxyl groups excluding tert-OH is 1. The molecular formula is C32H34BrFN4O8. The third-order valence-corrected chi connectivity index (χ3v) is 7.25. The normalized spacial score (nSPS) is 15.1. The van der Waals surface area contributed by atoms with Gasteiger partial charge in [0.05, 0.1) is 43.1 Å². The summed E-state index contributed by atoms with van der Waals surface area (Å²) < 4.78 is 41.6. The minimum absolute atomic E-state index is 0.184. The van der Waals surface area contributed by atoms with Gasteiger partial charge in [0.1, 0.15) is 19.0 Å². The molecule has 0 aliphatic carbocycles. The van der Waals surface area contributed by atoms with Gasteiger partial charge in [-0.15, -0.1) is 0 Å². The predicted octanol–water partition coefficient (Wildman–Crippen LogP) is 4.70. The third kappa shape index (κ3) is 8.67. The van der Waals surface area contributed by atoms with E-state index in [2.05, 4.69) is 37.1 Å². The van der Waals surface area contributed by atoms with E-state index in [0.29, 0.717) is 50.9 Å². The Hall–Kier alpha value is -4.82. The van der Waals surface area contributed by atoms with Gasteiger partial charge in [0.25, 0.3) is 0 Å². The summed E-state index contributed by atoms with van der Waals surface area (Å²) >= 11 is 3.49. The van der Waals surface area contributed by atoms with Gasteiger partial charge in [0.2, 0.25) is 0 Å². The van der Waals surface area contributed by atoms with Crippen LogP contribution in [-0.4, -0.2) is 57.0 Å². The molecule has 0 bridgehead atoms. The maximum atomic E-state index is 13.2. The van der Waals surface area contributed by atoms with E-state index in [9.17, 15) is 19.1 Å². The molecular weight excluding hydrogens is 667 g/mol. The zero-order chi connectivity index (χ0) is 33.2. The second-order valence-corrected chi connectivity index (χ2v) is 10.7. The number of benzene rings is 3. The van der Waals surface area contributed by atoms with Crippen LogP contribution >= 0.6 is 15.9 Å². The second kappa shape index (κ2) is 16.0. The molecule has 1 heterocycles. The first-order chi connectivity index (χ1) is 22.1. The molecule has 4 rings (SSSR count). The van der Waals surface area contributed by atoms with Crippen LogP contribution in [0.3, 0.4) is 0 Å². The summed E-state index contributed by atoms with van der Waals surface area (Å²) in [6, 6.07) is 13.2. The highest BCUT2D eigenvalue weighted by atomic mass is 79.9. The highest BCUT2D eigenvalue weighted by molar-refractivity contribution is 9.10. The molecule has 0 radical (unpaired) electrons. The van der Waals surface area contributed by atoms with Gasteiger partial charge in [-0.2, -0.15) is 5.10 Å². The lowest BCUT2D eigenvalue weighted by atomic mass is 9.95. The molecule has 46 heavy (non-hydrogen) atoms. The number of ether oxygens (including phenoxy) is 5. The molecule has 2 atom stereocenters. The molecule has 2 amide bonds. The van der Waals surface area contributed by atoms with Gasteiger partial charge in [0.15, 0.2) is 29.2 Å². The number of methoxy groups -OCH3 is 2. The van der Waals surface area contributed by atoms with Crippen LogP contribution in [0.1, 0.15) is 36.6 Å². The van der Waals surface area contributed by atoms with Crippen molar-refractivity contribution in [2.24, 2.45) is 5.10 Å². The van der Waals surface area contributed by atoms with Crippen LogP contribution in [-0.2, 0) is 16.1 Å². The fourth-order valence-corrected chi connectivity index (χ4v) is 5.08.